The monoisotopic (exact) mass is 251 g/mol. The van der Waals surface area contributed by atoms with Crippen LogP contribution in [0.3, 0.4) is 0 Å². The number of nitrogen functional groups attached to an aromatic ring is 1. The van der Waals surface area contributed by atoms with Gasteiger partial charge in [0.2, 0.25) is 0 Å². The van der Waals surface area contributed by atoms with Crippen LogP contribution in [0.4, 0.5) is 11.5 Å². The first-order chi connectivity index (χ1) is 8.56. The van der Waals surface area contributed by atoms with Crippen molar-refractivity contribution >= 4 is 17.5 Å². The Hall–Kier alpha value is -1.78. The topological polar surface area (TPSA) is 68.5 Å². The molecule has 0 aliphatic carbocycles. The summed E-state index contributed by atoms with van der Waals surface area (Å²) in [7, 11) is 3.28. The third-order valence-corrected chi connectivity index (χ3v) is 3.20. The van der Waals surface area contributed by atoms with E-state index >= 15 is 0 Å². The molecule has 0 spiro atoms. The minimum absolute atomic E-state index is 0.354. The van der Waals surface area contributed by atoms with Crippen molar-refractivity contribution in [1.82, 2.24) is 4.98 Å². The van der Waals surface area contributed by atoms with Crippen LogP contribution in [0.15, 0.2) is 12.3 Å². The second-order valence-corrected chi connectivity index (χ2v) is 4.17. The molecule has 0 atom stereocenters. The van der Waals surface area contributed by atoms with E-state index in [2.05, 4.69) is 18.8 Å². The highest BCUT2D eigenvalue weighted by Crippen LogP contribution is 2.26. The zero-order valence-electron chi connectivity index (χ0n) is 11.4. The van der Waals surface area contributed by atoms with Gasteiger partial charge < -0.3 is 15.4 Å². The summed E-state index contributed by atoms with van der Waals surface area (Å²) in [5.74, 6) is 0.195. The number of methoxy groups -OCH3 is 1. The van der Waals surface area contributed by atoms with E-state index in [0.717, 1.165) is 12.8 Å². The fourth-order valence-corrected chi connectivity index (χ4v) is 2.04. The molecule has 0 amide bonds. The zero-order valence-corrected chi connectivity index (χ0v) is 11.4. The van der Waals surface area contributed by atoms with E-state index in [1.165, 1.54) is 7.11 Å². The quantitative estimate of drug-likeness (QED) is 0.811. The summed E-state index contributed by atoms with van der Waals surface area (Å²) < 4.78 is 4.70. The van der Waals surface area contributed by atoms with Crippen molar-refractivity contribution in [3.05, 3.63) is 17.8 Å². The second kappa shape index (κ2) is 6.23. The number of carbonyl (C=O) groups is 1. The first-order valence-corrected chi connectivity index (χ1v) is 6.12. The number of pyridine rings is 1. The molecule has 0 aliphatic rings. The lowest BCUT2D eigenvalue weighted by atomic mass is 10.1. The number of nitrogens with zero attached hydrogens (tertiary/aromatic N) is 2. The maximum absolute atomic E-state index is 11.6. The van der Waals surface area contributed by atoms with Crippen LogP contribution in [0.5, 0.6) is 0 Å². The Morgan fingerprint density at radius 1 is 1.50 bits per heavy atom. The van der Waals surface area contributed by atoms with E-state index in [1.807, 2.05) is 11.9 Å². The largest absolute Gasteiger partial charge is 0.465 e. The lowest BCUT2D eigenvalue weighted by Gasteiger charge is -2.28. The number of hydrogen-bond donors (Lipinski definition) is 1. The molecule has 1 aromatic rings. The molecule has 1 aromatic heterocycles. The molecule has 0 fully saturated rings. The summed E-state index contributed by atoms with van der Waals surface area (Å²) in [4.78, 5) is 17.9. The highest BCUT2D eigenvalue weighted by molar-refractivity contribution is 5.97. The Bertz CT molecular complexity index is 417. The van der Waals surface area contributed by atoms with Crippen LogP contribution in [0, 0.1) is 0 Å². The van der Waals surface area contributed by atoms with E-state index in [9.17, 15) is 4.79 Å². The Morgan fingerprint density at radius 2 is 2.11 bits per heavy atom. The van der Waals surface area contributed by atoms with Crippen LogP contribution in [-0.4, -0.2) is 31.2 Å². The average molecular weight is 251 g/mol. The summed E-state index contributed by atoms with van der Waals surface area (Å²) in [6, 6.07) is 1.93. The summed E-state index contributed by atoms with van der Waals surface area (Å²) in [6.45, 7) is 4.23. The highest BCUT2D eigenvalue weighted by Gasteiger charge is 2.19. The van der Waals surface area contributed by atoms with Crippen molar-refractivity contribution in [2.45, 2.75) is 32.7 Å². The second-order valence-electron chi connectivity index (χ2n) is 4.17. The van der Waals surface area contributed by atoms with Crippen LogP contribution >= 0.6 is 0 Å². The van der Waals surface area contributed by atoms with Gasteiger partial charge in [-0.05, 0) is 18.9 Å². The number of nitrogens with two attached hydrogens (primary N) is 1. The van der Waals surface area contributed by atoms with Crippen LogP contribution in [0.1, 0.15) is 37.0 Å². The molecular formula is C13H21N3O2. The number of ether oxygens (including phenoxy) is 1. The number of carbonyl (C=O) groups excluding carboxylic acids is 1. The van der Waals surface area contributed by atoms with Gasteiger partial charge in [0.15, 0.2) is 5.82 Å². The van der Waals surface area contributed by atoms with Crippen molar-refractivity contribution in [1.29, 1.82) is 0 Å². The number of anilines is 2. The lowest BCUT2D eigenvalue weighted by Crippen LogP contribution is -2.32. The molecule has 2 N–H and O–H groups in total. The van der Waals surface area contributed by atoms with E-state index in [0.29, 0.717) is 23.1 Å². The Morgan fingerprint density at radius 3 is 2.61 bits per heavy atom. The Kier molecular flexibility index (Phi) is 4.95. The average Bonchev–Trinajstić information content (AvgIpc) is 2.39. The van der Waals surface area contributed by atoms with Crippen molar-refractivity contribution in [2.24, 2.45) is 0 Å². The summed E-state index contributed by atoms with van der Waals surface area (Å²) in [5.41, 5.74) is 6.74. The summed E-state index contributed by atoms with van der Waals surface area (Å²) in [6.07, 6.45) is 3.57. The smallest absolute Gasteiger partial charge is 0.340 e. The first kappa shape index (κ1) is 14.3. The van der Waals surface area contributed by atoms with E-state index in [1.54, 1.807) is 12.3 Å². The fraction of sp³-hybridized carbons (Fsp3) is 0.538. The number of esters is 1. The van der Waals surface area contributed by atoms with Crippen LogP contribution in [0.2, 0.25) is 0 Å². The van der Waals surface area contributed by atoms with Gasteiger partial charge in [0, 0.05) is 19.3 Å². The SMILES string of the molecule is CCC(CC)N(C)c1nccc(C(=O)OC)c1N. The van der Waals surface area contributed by atoms with Gasteiger partial charge in [-0.15, -0.1) is 0 Å². The molecule has 1 heterocycles. The minimum Gasteiger partial charge on any atom is -0.465 e. The predicted molar refractivity (Wildman–Crippen MR) is 72.8 cm³/mol. The first-order valence-electron chi connectivity index (χ1n) is 6.12. The van der Waals surface area contributed by atoms with Gasteiger partial charge in [-0.1, -0.05) is 13.8 Å². The minimum atomic E-state index is -0.436. The van der Waals surface area contributed by atoms with Crippen molar-refractivity contribution in [2.75, 3.05) is 24.8 Å². The van der Waals surface area contributed by atoms with E-state index in [-0.39, 0.29) is 0 Å². The maximum Gasteiger partial charge on any atom is 0.340 e. The van der Waals surface area contributed by atoms with Crippen LogP contribution in [0.25, 0.3) is 0 Å². The van der Waals surface area contributed by atoms with Gasteiger partial charge in [0.05, 0.1) is 18.4 Å². The zero-order chi connectivity index (χ0) is 13.7. The fourth-order valence-electron chi connectivity index (χ4n) is 2.04. The van der Waals surface area contributed by atoms with Gasteiger partial charge in [-0.3, -0.25) is 0 Å². The molecule has 0 bridgehead atoms. The summed E-state index contributed by atoms with van der Waals surface area (Å²) in [5, 5.41) is 0. The van der Waals surface area contributed by atoms with Gasteiger partial charge in [-0.25, -0.2) is 9.78 Å². The van der Waals surface area contributed by atoms with E-state index < -0.39 is 5.97 Å². The van der Waals surface area contributed by atoms with Gasteiger partial charge in [-0.2, -0.15) is 0 Å². The molecule has 18 heavy (non-hydrogen) atoms. The van der Waals surface area contributed by atoms with Crippen molar-refractivity contribution < 1.29 is 9.53 Å². The molecule has 0 saturated carbocycles. The Balaban J connectivity index is 3.14. The van der Waals surface area contributed by atoms with Crippen molar-refractivity contribution in [3.63, 3.8) is 0 Å². The van der Waals surface area contributed by atoms with Gasteiger partial charge in [0.25, 0.3) is 0 Å². The third kappa shape index (κ3) is 2.72. The maximum atomic E-state index is 11.6. The Labute approximate surface area is 108 Å². The molecule has 0 unspecified atom stereocenters. The standard InChI is InChI=1S/C13H21N3O2/c1-5-9(6-2)16(3)12-11(14)10(7-8-15-12)13(17)18-4/h7-9H,5-6,14H2,1-4H3. The van der Waals surface area contributed by atoms with E-state index in [4.69, 9.17) is 10.5 Å². The number of hydrogen-bond acceptors (Lipinski definition) is 5. The summed E-state index contributed by atoms with van der Waals surface area (Å²) >= 11 is 0. The van der Waals surface area contributed by atoms with Gasteiger partial charge >= 0.3 is 5.97 Å². The highest BCUT2D eigenvalue weighted by atomic mass is 16.5. The molecular weight excluding hydrogens is 230 g/mol. The molecule has 100 valence electrons. The molecule has 1 rings (SSSR count). The lowest BCUT2D eigenvalue weighted by molar-refractivity contribution is 0.0602. The molecule has 0 saturated heterocycles. The molecule has 0 radical (unpaired) electrons. The molecule has 5 heteroatoms. The molecule has 0 aliphatic heterocycles. The van der Waals surface area contributed by atoms with Crippen molar-refractivity contribution in [3.8, 4) is 0 Å². The third-order valence-electron chi connectivity index (χ3n) is 3.20. The number of aromatic nitrogens is 1. The predicted octanol–water partition coefficient (Wildman–Crippen LogP) is 2.08. The van der Waals surface area contributed by atoms with Crippen LogP contribution in [-0.2, 0) is 4.74 Å². The molecule has 5 nitrogen and oxygen atoms in total. The van der Waals surface area contributed by atoms with Gasteiger partial charge in [0.1, 0.15) is 0 Å². The normalized spacial score (nSPS) is 10.5. The number of rotatable bonds is 5. The van der Waals surface area contributed by atoms with Crippen LogP contribution < -0.4 is 10.6 Å². The molecule has 0 aromatic carbocycles.